The normalized spacial score (nSPS) is 22.4. The summed E-state index contributed by atoms with van der Waals surface area (Å²) in [6.45, 7) is 3.65. The van der Waals surface area contributed by atoms with E-state index in [1.54, 1.807) is 22.6 Å². The van der Waals surface area contributed by atoms with Gasteiger partial charge in [0.05, 0.1) is 17.6 Å². The van der Waals surface area contributed by atoms with Crippen LogP contribution in [0.2, 0.25) is 0 Å². The molecular weight excluding hydrogens is 368 g/mol. The van der Waals surface area contributed by atoms with Crippen LogP contribution in [0.4, 0.5) is 0 Å². The first kappa shape index (κ1) is 18.0. The van der Waals surface area contributed by atoms with Crippen LogP contribution in [-0.2, 0) is 21.4 Å². The van der Waals surface area contributed by atoms with Gasteiger partial charge in [-0.25, -0.2) is 8.42 Å². The minimum atomic E-state index is -3.38. The third-order valence-electron chi connectivity index (χ3n) is 4.97. The summed E-state index contributed by atoms with van der Waals surface area (Å²) in [6, 6.07) is 11.0. The standard InChI is InChI=1S/C19H22N2O3S2/c1-15-4-6-18(7-5-15)26(22,23)21-13-19(14-21)9-17(12-25-19)24-11-16-3-2-8-20-10-16/h2-8,10,17H,9,11-14H2,1H3/t17-/m0/s1. The molecule has 1 aromatic carbocycles. The van der Waals surface area contributed by atoms with Gasteiger partial charge < -0.3 is 4.74 Å². The maximum absolute atomic E-state index is 12.7. The second-order valence-electron chi connectivity index (χ2n) is 7.08. The molecule has 1 aromatic heterocycles. The van der Waals surface area contributed by atoms with Gasteiger partial charge in [0.15, 0.2) is 0 Å². The molecule has 2 aliphatic rings. The van der Waals surface area contributed by atoms with Gasteiger partial charge in [0.2, 0.25) is 10.0 Å². The molecule has 26 heavy (non-hydrogen) atoms. The summed E-state index contributed by atoms with van der Waals surface area (Å²) in [5.41, 5.74) is 2.12. The van der Waals surface area contributed by atoms with E-state index < -0.39 is 10.0 Å². The molecule has 0 unspecified atom stereocenters. The minimum Gasteiger partial charge on any atom is -0.373 e. The number of ether oxygens (including phenoxy) is 1. The molecular formula is C19H22N2O3S2. The van der Waals surface area contributed by atoms with Crippen LogP contribution in [0.3, 0.4) is 0 Å². The van der Waals surface area contributed by atoms with Crippen LogP contribution in [0.15, 0.2) is 53.7 Å². The first-order valence-corrected chi connectivity index (χ1v) is 11.1. The highest BCUT2D eigenvalue weighted by molar-refractivity contribution is 8.01. The van der Waals surface area contributed by atoms with Crippen molar-refractivity contribution in [2.45, 2.75) is 35.7 Å². The summed E-state index contributed by atoms with van der Waals surface area (Å²) in [7, 11) is -3.38. The third kappa shape index (κ3) is 3.53. The Balaban J connectivity index is 1.33. The lowest BCUT2D eigenvalue weighted by molar-refractivity contribution is 0.0396. The van der Waals surface area contributed by atoms with Gasteiger partial charge in [-0.3, -0.25) is 4.98 Å². The van der Waals surface area contributed by atoms with Crippen molar-refractivity contribution >= 4 is 21.8 Å². The van der Waals surface area contributed by atoms with Crippen molar-refractivity contribution in [3.05, 3.63) is 59.9 Å². The van der Waals surface area contributed by atoms with Crippen LogP contribution in [-0.4, -0.2) is 47.4 Å². The van der Waals surface area contributed by atoms with E-state index in [0.29, 0.717) is 24.6 Å². The van der Waals surface area contributed by atoms with E-state index in [9.17, 15) is 8.42 Å². The van der Waals surface area contributed by atoms with E-state index in [1.165, 1.54) is 0 Å². The average molecular weight is 391 g/mol. The highest BCUT2D eigenvalue weighted by atomic mass is 32.2. The first-order chi connectivity index (χ1) is 12.5. The topological polar surface area (TPSA) is 59.5 Å². The summed E-state index contributed by atoms with van der Waals surface area (Å²) >= 11 is 1.85. The van der Waals surface area contributed by atoms with Crippen molar-refractivity contribution in [1.29, 1.82) is 0 Å². The largest absolute Gasteiger partial charge is 0.373 e. The van der Waals surface area contributed by atoms with Crippen molar-refractivity contribution in [1.82, 2.24) is 9.29 Å². The number of sulfonamides is 1. The fourth-order valence-electron chi connectivity index (χ4n) is 3.45. The molecule has 2 saturated heterocycles. The monoisotopic (exact) mass is 390 g/mol. The maximum atomic E-state index is 12.7. The molecule has 0 amide bonds. The van der Waals surface area contributed by atoms with Crippen LogP contribution < -0.4 is 0 Å². The van der Waals surface area contributed by atoms with Gasteiger partial charge in [-0.2, -0.15) is 4.31 Å². The fourth-order valence-corrected chi connectivity index (χ4v) is 6.78. The summed E-state index contributed by atoms with van der Waals surface area (Å²) < 4.78 is 33.1. The minimum absolute atomic E-state index is 0.0113. The number of benzene rings is 1. The summed E-state index contributed by atoms with van der Waals surface area (Å²) in [4.78, 5) is 4.48. The van der Waals surface area contributed by atoms with E-state index in [2.05, 4.69) is 4.98 Å². The van der Waals surface area contributed by atoms with Crippen molar-refractivity contribution in [3.8, 4) is 0 Å². The molecule has 138 valence electrons. The number of thioether (sulfide) groups is 1. The number of rotatable bonds is 5. The molecule has 2 fully saturated rings. The number of pyridine rings is 1. The molecule has 1 spiro atoms. The number of hydrogen-bond acceptors (Lipinski definition) is 5. The van der Waals surface area contributed by atoms with E-state index in [1.807, 2.05) is 49.1 Å². The SMILES string of the molecule is Cc1ccc(S(=O)(=O)N2CC3(C[C@H](OCc4cccnc4)CS3)C2)cc1. The van der Waals surface area contributed by atoms with E-state index >= 15 is 0 Å². The Morgan fingerprint density at radius 2 is 2.04 bits per heavy atom. The van der Waals surface area contributed by atoms with Crippen molar-refractivity contribution in [3.63, 3.8) is 0 Å². The van der Waals surface area contributed by atoms with Gasteiger partial charge in [0.1, 0.15) is 0 Å². The lowest BCUT2D eigenvalue weighted by Gasteiger charge is -2.46. The average Bonchev–Trinajstić information content (AvgIpc) is 3.05. The molecule has 0 radical (unpaired) electrons. The highest BCUT2D eigenvalue weighted by Gasteiger charge is 2.53. The van der Waals surface area contributed by atoms with Gasteiger partial charge >= 0.3 is 0 Å². The van der Waals surface area contributed by atoms with Gasteiger partial charge in [-0.1, -0.05) is 23.8 Å². The van der Waals surface area contributed by atoms with Crippen molar-refractivity contribution in [2.75, 3.05) is 18.8 Å². The van der Waals surface area contributed by atoms with Crippen molar-refractivity contribution in [2.24, 2.45) is 0 Å². The number of aromatic nitrogens is 1. The Bertz CT molecular complexity index is 863. The van der Waals surface area contributed by atoms with Gasteiger partial charge in [0.25, 0.3) is 0 Å². The zero-order valence-corrected chi connectivity index (χ0v) is 16.3. The molecule has 0 N–H and O–H groups in total. The predicted molar refractivity (Wildman–Crippen MR) is 103 cm³/mol. The molecule has 1 atom stereocenters. The van der Waals surface area contributed by atoms with Gasteiger partial charge in [-0.05, 0) is 37.1 Å². The molecule has 3 heterocycles. The van der Waals surface area contributed by atoms with Crippen LogP contribution in [0.1, 0.15) is 17.5 Å². The van der Waals surface area contributed by atoms with E-state index in [4.69, 9.17) is 4.74 Å². The number of aryl methyl sites for hydroxylation is 1. The van der Waals surface area contributed by atoms with E-state index in [0.717, 1.165) is 23.3 Å². The molecule has 4 rings (SSSR count). The molecule has 2 aromatic rings. The Hall–Kier alpha value is -1.41. The van der Waals surface area contributed by atoms with Crippen LogP contribution >= 0.6 is 11.8 Å². The zero-order chi connectivity index (χ0) is 18.2. The Morgan fingerprint density at radius 3 is 2.73 bits per heavy atom. The molecule has 7 heteroatoms. The number of hydrogen-bond donors (Lipinski definition) is 0. The predicted octanol–water partition coefficient (Wildman–Crippen LogP) is 2.86. The van der Waals surface area contributed by atoms with Crippen LogP contribution in [0.25, 0.3) is 0 Å². The summed E-state index contributed by atoms with van der Waals surface area (Å²) in [5, 5.41) is 0. The summed E-state index contributed by atoms with van der Waals surface area (Å²) in [6.07, 6.45) is 4.64. The van der Waals surface area contributed by atoms with Crippen LogP contribution in [0.5, 0.6) is 0 Å². The second-order valence-corrected chi connectivity index (χ2v) is 10.5. The maximum Gasteiger partial charge on any atom is 0.243 e. The lowest BCUT2D eigenvalue weighted by atomic mass is 9.95. The third-order valence-corrected chi connectivity index (χ3v) is 8.35. The van der Waals surface area contributed by atoms with Crippen molar-refractivity contribution < 1.29 is 13.2 Å². The Morgan fingerprint density at radius 1 is 1.27 bits per heavy atom. The van der Waals surface area contributed by atoms with Crippen LogP contribution in [0, 0.1) is 6.92 Å². The molecule has 0 aliphatic carbocycles. The molecule has 2 aliphatic heterocycles. The second kappa shape index (κ2) is 6.96. The van der Waals surface area contributed by atoms with Gasteiger partial charge in [-0.15, -0.1) is 11.8 Å². The Kier molecular flexibility index (Phi) is 4.81. The fraction of sp³-hybridized carbons (Fsp3) is 0.421. The highest BCUT2D eigenvalue weighted by Crippen LogP contribution is 2.47. The first-order valence-electron chi connectivity index (χ1n) is 8.68. The zero-order valence-electron chi connectivity index (χ0n) is 14.7. The lowest BCUT2D eigenvalue weighted by Crippen LogP contribution is -2.60. The molecule has 0 bridgehead atoms. The molecule has 5 nitrogen and oxygen atoms in total. The number of nitrogens with zero attached hydrogens (tertiary/aromatic N) is 2. The smallest absolute Gasteiger partial charge is 0.243 e. The summed E-state index contributed by atoms with van der Waals surface area (Å²) in [5.74, 6) is 0.915. The van der Waals surface area contributed by atoms with Gasteiger partial charge in [0, 0.05) is 36.0 Å². The Labute approximate surface area is 158 Å². The molecule has 0 saturated carbocycles. The quantitative estimate of drug-likeness (QED) is 0.786. The van der Waals surface area contributed by atoms with E-state index in [-0.39, 0.29) is 10.9 Å².